The molecule has 2 amide bonds. The highest BCUT2D eigenvalue weighted by Gasteiger charge is 2.47. The van der Waals surface area contributed by atoms with Crippen molar-refractivity contribution in [3.63, 3.8) is 0 Å². The molecule has 2 aromatic heterocycles. The SMILES string of the molecule is CCOc1c(CC(N)=O)cc([C@@](O)(CNC(=O)c2cc(Cl)c3ncc(C)cc3c2)C2CC2)nc1-c1cc(F)c(Cl)cc1F. The van der Waals surface area contributed by atoms with Crippen molar-refractivity contribution >= 4 is 45.9 Å². The van der Waals surface area contributed by atoms with Crippen LogP contribution in [0.1, 0.15) is 46.9 Å². The fourth-order valence-corrected chi connectivity index (χ4v) is 5.51. The van der Waals surface area contributed by atoms with Crippen molar-refractivity contribution in [1.29, 1.82) is 0 Å². The minimum Gasteiger partial charge on any atom is -0.491 e. The molecule has 2 aromatic carbocycles. The third-order valence-corrected chi connectivity index (χ3v) is 7.90. The first-order valence-electron chi connectivity index (χ1n) is 13.6. The number of hydrogen-bond donors (Lipinski definition) is 3. The van der Waals surface area contributed by atoms with Gasteiger partial charge in [-0.15, -0.1) is 0 Å². The zero-order chi connectivity index (χ0) is 31.1. The Labute approximate surface area is 256 Å². The summed E-state index contributed by atoms with van der Waals surface area (Å²) in [6.07, 6.45) is 2.60. The topological polar surface area (TPSA) is 127 Å². The summed E-state index contributed by atoms with van der Waals surface area (Å²) in [5.74, 6) is -3.29. The summed E-state index contributed by atoms with van der Waals surface area (Å²) in [6.45, 7) is 3.39. The summed E-state index contributed by atoms with van der Waals surface area (Å²) in [5, 5.41) is 15.4. The summed E-state index contributed by atoms with van der Waals surface area (Å²) < 4.78 is 35.4. The number of nitrogens with zero attached hydrogens (tertiary/aromatic N) is 2. The Bertz CT molecular complexity index is 1770. The number of fused-ring (bicyclic) bond motifs is 1. The molecular formula is C31H28Cl2F2N4O4. The van der Waals surface area contributed by atoms with Gasteiger partial charge < -0.3 is 20.9 Å². The maximum atomic E-state index is 15.2. The van der Waals surface area contributed by atoms with E-state index in [2.05, 4.69) is 15.3 Å². The number of pyridine rings is 2. The fraction of sp³-hybridized carbons (Fsp3) is 0.290. The number of aliphatic hydroxyl groups is 1. The van der Waals surface area contributed by atoms with E-state index < -0.39 is 34.1 Å². The predicted octanol–water partition coefficient (Wildman–Crippen LogP) is 5.64. The molecule has 43 heavy (non-hydrogen) atoms. The lowest BCUT2D eigenvalue weighted by molar-refractivity contribution is -0.117. The van der Waals surface area contributed by atoms with Gasteiger partial charge in [0.15, 0.2) is 0 Å². The molecule has 4 N–H and O–H groups in total. The summed E-state index contributed by atoms with van der Waals surface area (Å²) >= 11 is 12.2. The number of rotatable bonds is 10. The monoisotopic (exact) mass is 628 g/mol. The second kappa shape index (κ2) is 12.0. The molecule has 0 spiro atoms. The molecule has 8 nitrogen and oxygen atoms in total. The standard InChI is InChI=1S/C31H28Cl2F2N4O4/c1-3-43-29-17(10-26(36)40)9-25(39-28(29)20-11-24(35)21(32)12-23(20)34)31(42,19-4-5-19)14-38-30(41)18-7-16-6-15(2)13-37-27(16)22(33)8-18/h6-9,11-13,19,42H,3-5,10,14H2,1-2H3,(H2,36,40)(H,38,41)/t31-/m1/s1. The first kappa shape index (κ1) is 30.6. The van der Waals surface area contributed by atoms with Gasteiger partial charge in [-0.25, -0.2) is 13.8 Å². The second-order valence-corrected chi connectivity index (χ2v) is 11.4. The molecule has 1 fully saturated rings. The Balaban J connectivity index is 1.57. The third kappa shape index (κ3) is 6.27. The Hall–Kier alpha value is -3.86. The van der Waals surface area contributed by atoms with E-state index >= 15 is 4.39 Å². The number of amides is 2. The molecular weight excluding hydrogens is 601 g/mol. The van der Waals surface area contributed by atoms with Crippen molar-refractivity contribution in [2.24, 2.45) is 11.7 Å². The Morgan fingerprint density at radius 2 is 1.86 bits per heavy atom. The first-order chi connectivity index (χ1) is 20.4. The number of halogens is 4. The number of aryl methyl sites for hydroxylation is 1. The second-order valence-electron chi connectivity index (χ2n) is 10.6. The van der Waals surface area contributed by atoms with E-state index in [-0.39, 0.29) is 59.3 Å². The molecule has 1 aliphatic rings. The predicted molar refractivity (Wildman–Crippen MR) is 159 cm³/mol. The number of nitrogens with two attached hydrogens (primary N) is 1. The van der Waals surface area contributed by atoms with Gasteiger partial charge in [0.25, 0.3) is 5.91 Å². The maximum absolute atomic E-state index is 15.2. The minimum atomic E-state index is -1.73. The van der Waals surface area contributed by atoms with Gasteiger partial charge in [0.2, 0.25) is 5.91 Å². The number of aromatic nitrogens is 2. The Kier molecular flexibility index (Phi) is 8.56. The van der Waals surface area contributed by atoms with Gasteiger partial charge in [0.1, 0.15) is 28.7 Å². The van der Waals surface area contributed by atoms with Gasteiger partial charge >= 0.3 is 0 Å². The van der Waals surface area contributed by atoms with Crippen LogP contribution >= 0.6 is 23.2 Å². The van der Waals surface area contributed by atoms with Crippen LogP contribution in [0.2, 0.25) is 10.0 Å². The van der Waals surface area contributed by atoms with Crippen LogP contribution in [0.3, 0.4) is 0 Å². The summed E-state index contributed by atoms with van der Waals surface area (Å²) in [5.41, 5.74) is 5.32. The van der Waals surface area contributed by atoms with Crippen LogP contribution in [0.25, 0.3) is 22.2 Å². The van der Waals surface area contributed by atoms with Crippen molar-refractivity contribution < 1.29 is 28.2 Å². The van der Waals surface area contributed by atoms with E-state index in [9.17, 15) is 19.1 Å². The zero-order valence-electron chi connectivity index (χ0n) is 23.3. The highest BCUT2D eigenvalue weighted by molar-refractivity contribution is 6.35. The smallest absolute Gasteiger partial charge is 0.251 e. The van der Waals surface area contributed by atoms with Crippen LogP contribution in [0, 0.1) is 24.5 Å². The molecule has 0 radical (unpaired) electrons. The summed E-state index contributed by atoms with van der Waals surface area (Å²) in [7, 11) is 0. The molecule has 4 aromatic rings. The quantitative estimate of drug-likeness (QED) is 0.195. The molecule has 1 saturated carbocycles. The molecule has 1 atom stereocenters. The number of primary amides is 1. The lowest BCUT2D eigenvalue weighted by Gasteiger charge is -2.30. The van der Waals surface area contributed by atoms with Gasteiger partial charge in [0.05, 0.1) is 40.8 Å². The van der Waals surface area contributed by atoms with Crippen LogP contribution in [0.5, 0.6) is 5.75 Å². The number of carbonyl (C=O) groups is 2. The van der Waals surface area contributed by atoms with E-state index in [0.29, 0.717) is 28.8 Å². The lowest BCUT2D eigenvalue weighted by atomic mass is 9.90. The molecule has 0 saturated heterocycles. The number of benzene rings is 2. The average molecular weight is 629 g/mol. The zero-order valence-corrected chi connectivity index (χ0v) is 24.8. The van der Waals surface area contributed by atoms with E-state index in [1.807, 2.05) is 13.0 Å². The number of ether oxygens (including phenoxy) is 1. The van der Waals surface area contributed by atoms with Crippen LogP contribution < -0.4 is 15.8 Å². The molecule has 0 bridgehead atoms. The van der Waals surface area contributed by atoms with Crippen molar-refractivity contribution in [3.05, 3.63) is 86.7 Å². The van der Waals surface area contributed by atoms with E-state index in [1.54, 1.807) is 19.2 Å². The van der Waals surface area contributed by atoms with Gasteiger partial charge in [-0.1, -0.05) is 23.2 Å². The number of carbonyl (C=O) groups excluding carboxylic acids is 2. The van der Waals surface area contributed by atoms with Gasteiger partial charge in [-0.05, 0) is 74.6 Å². The molecule has 224 valence electrons. The first-order valence-corrected chi connectivity index (χ1v) is 14.3. The normalized spacial score (nSPS) is 14.4. The van der Waals surface area contributed by atoms with Crippen molar-refractivity contribution in [2.45, 2.75) is 38.7 Å². The molecule has 0 aliphatic heterocycles. The fourth-order valence-electron chi connectivity index (χ4n) is 5.09. The molecule has 1 aliphatic carbocycles. The number of hydrogen-bond acceptors (Lipinski definition) is 6. The highest BCUT2D eigenvalue weighted by Crippen LogP contribution is 2.47. The Morgan fingerprint density at radius 3 is 2.53 bits per heavy atom. The van der Waals surface area contributed by atoms with E-state index in [0.717, 1.165) is 17.7 Å². The third-order valence-electron chi connectivity index (χ3n) is 7.32. The molecule has 12 heteroatoms. The molecule has 2 heterocycles. The van der Waals surface area contributed by atoms with E-state index in [4.69, 9.17) is 33.7 Å². The van der Waals surface area contributed by atoms with Gasteiger partial charge in [-0.3, -0.25) is 14.6 Å². The van der Waals surface area contributed by atoms with Gasteiger partial charge in [0, 0.05) is 28.3 Å². The summed E-state index contributed by atoms with van der Waals surface area (Å²) in [4.78, 5) is 34.2. The van der Waals surface area contributed by atoms with Crippen LogP contribution in [-0.2, 0) is 16.8 Å². The minimum absolute atomic E-state index is 0.0163. The van der Waals surface area contributed by atoms with Crippen molar-refractivity contribution in [1.82, 2.24) is 15.3 Å². The molecule has 5 rings (SSSR count). The maximum Gasteiger partial charge on any atom is 0.251 e. The average Bonchev–Trinajstić information content (AvgIpc) is 3.80. The highest BCUT2D eigenvalue weighted by atomic mass is 35.5. The molecule has 0 unspecified atom stereocenters. The van der Waals surface area contributed by atoms with E-state index in [1.165, 1.54) is 12.1 Å². The number of nitrogens with one attached hydrogen (secondary N) is 1. The lowest BCUT2D eigenvalue weighted by Crippen LogP contribution is -2.43. The van der Waals surface area contributed by atoms with Crippen molar-refractivity contribution in [2.75, 3.05) is 13.2 Å². The largest absolute Gasteiger partial charge is 0.491 e. The van der Waals surface area contributed by atoms with Crippen LogP contribution in [-0.4, -0.2) is 40.0 Å². The van der Waals surface area contributed by atoms with Crippen LogP contribution in [0.4, 0.5) is 8.78 Å². The van der Waals surface area contributed by atoms with Gasteiger partial charge in [-0.2, -0.15) is 0 Å². The van der Waals surface area contributed by atoms with Crippen molar-refractivity contribution in [3.8, 4) is 17.0 Å². The summed E-state index contributed by atoms with van der Waals surface area (Å²) in [6, 6.07) is 8.14. The Morgan fingerprint density at radius 1 is 1.12 bits per heavy atom. The van der Waals surface area contributed by atoms with Crippen LogP contribution in [0.15, 0.2) is 42.6 Å².